The number of aromatic nitrogens is 3. The number of halogens is 2. The second-order valence-electron chi connectivity index (χ2n) is 4.76. The van der Waals surface area contributed by atoms with Crippen LogP contribution in [0.25, 0.3) is 11.4 Å². The largest absolute Gasteiger partial charge is 0.324 e. The number of aromatic amines is 1. The van der Waals surface area contributed by atoms with Crippen molar-refractivity contribution in [1.82, 2.24) is 15.2 Å². The lowest BCUT2D eigenvalue weighted by molar-refractivity contribution is -0.113. The molecule has 1 amide bonds. The minimum atomic E-state index is -0.378. The van der Waals surface area contributed by atoms with E-state index in [9.17, 15) is 9.18 Å². The summed E-state index contributed by atoms with van der Waals surface area (Å²) < 4.78 is 14.5. The van der Waals surface area contributed by atoms with Crippen LogP contribution in [0.4, 0.5) is 10.1 Å². The molecule has 0 aliphatic rings. The van der Waals surface area contributed by atoms with Crippen molar-refractivity contribution < 1.29 is 9.18 Å². The van der Waals surface area contributed by atoms with Gasteiger partial charge in [-0.1, -0.05) is 36.0 Å². The zero-order chi connectivity index (χ0) is 16.9. The second-order valence-corrected chi connectivity index (χ2v) is 6.56. The summed E-state index contributed by atoms with van der Waals surface area (Å²) in [6.45, 7) is 0. The number of hydrogen-bond acceptors (Lipinski definition) is 4. The molecule has 8 heteroatoms. The fraction of sp³-hybridized carbons (Fsp3) is 0.0625. The van der Waals surface area contributed by atoms with E-state index < -0.39 is 0 Å². The van der Waals surface area contributed by atoms with Gasteiger partial charge in [-0.05, 0) is 40.2 Å². The van der Waals surface area contributed by atoms with Gasteiger partial charge in [-0.15, -0.1) is 5.10 Å². The van der Waals surface area contributed by atoms with Crippen LogP contribution in [0.2, 0.25) is 0 Å². The third-order valence-electron chi connectivity index (χ3n) is 3.07. The molecule has 3 aromatic rings. The van der Waals surface area contributed by atoms with Crippen molar-refractivity contribution in [2.45, 2.75) is 5.16 Å². The fourth-order valence-corrected chi connectivity index (χ4v) is 2.95. The summed E-state index contributed by atoms with van der Waals surface area (Å²) in [5, 5.41) is 9.87. The van der Waals surface area contributed by atoms with E-state index in [-0.39, 0.29) is 17.5 Å². The average molecular weight is 407 g/mol. The standard InChI is InChI=1S/C16H12BrFN4OS/c17-11-6-2-4-8-13(11)19-14(23)9-24-16-20-15(21-22-16)10-5-1-3-7-12(10)18/h1-8H,9H2,(H,19,23)(H,20,21,22). The minimum absolute atomic E-state index is 0.149. The molecule has 5 nitrogen and oxygen atoms in total. The Hall–Kier alpha value is -2.19. The second kappa shape index (κ2) is 7.59. The number of thioether (sulfide) groups is 1. The Bertz CT molecular complexity index is 871. The van der Waals surface area contributed by atoms with E-state index >= 15 is 0 Å². The number of rotatable bonds is 5. The molecule has 3 rings (SSSR count). The van der Waals surface area contributed by atoms with Crippen LogP contribution in [0, 0.1) is 5.82 Å². The van der Waals surface area contributed by atoms with E-state index in [1.54, 1.807) is 24.3 Å². The van der Waals surface area contributed by atoms with Crippen LogP contribution in [0.3, 0.4) is 0 Å². The van der Waals surface area contributed by atoms with E-state index in [0.717, 1.165) is 4.47 Å². The minimum Gasteiger partial charge on any atom is -0.324 e. The highest BCUT2D eigenvalue weighted by molar-refractivity contribution is 9.10. The molecule has 1 heterocycles. The number of H-pyrrole nitrogens is 1. The number of amides is 1. The van der Waals surface area contributed by atoms with E-state index in [0.29, 0.717) is 22.2 Å². The Morgan fingerprint density at radius 1 is 1.21 bits per heavy atom. The quantitative estimate of drug-likeness (QED) is 0.625. The summed E-state index contributed by atoms with van der Waals surface area (Å²) >= 11 is 4.54. The predicted octanol–water partition coefficient (Wildman–Crippen LogP) is 4.10. The number of carbonyl (C=O) groups is 1. The first kappa shape index (κ1) is 16.7. The maximum Gasteiger partial charge on any atom is 0.234 e. The summed E-state index contributed by atoms with van der Waals surface area (Å²) in [5.41, 5.74) is 1.04. The van der Waals surface area contributed by atoms with Crippen molar-refractivity contribution in [3.63, 3.8) is 0 Å². The number of benzene rings is 2. The predicted molar refractivity (Wildman–Crippen MR) is 95.3 cm³/mol. The lowest BCUT2D eigenvalue weighted by Crippen LogP contribution is -2.14. The van der Waals surface area contributed by atoms with Crippen molar-refractivity contribution in [1.29, 1.82) is 0 Å². The molecule has 0 saturated carbocycles. The SMILES string of the molecule is O=C(CSc1n[nH]c(-c2ccccc2F)n1)Nc1ccccc1Br. The lowest BCUT2D eigenvalue weighted by Gasteiger charge is -2.05. The first-order chi connectivity index (χ1) is 11.6. The van der Waals surface area contributed by atoms with Crippen LogP contribution >= 0.6 is 27.7 Å². The van der Waals surface area contributed by atoms with Gasteiger partial charge >= 0.3 is 0 Å². The van der Waals surface area contributed by atoms with Crippen LogP contribution in [-0.2, 0) is 4.79 Å². The molecule has 0 fully saturated rings. The molecular weight excluding hydrogens is 395 g/mol. The summed E-state index contributed by atoms with van der Waals surface area (Å²) in [4.78, 5) is 16.2. The maximum atomic E-state index is 13.7. The molecule has 0 aliphatic carbocycles. The van der Waals surface area contributed by atoms with Crippen molar-refractivity contribution in [2.75, 3.05) is 11.1 Å². The molecule has 0 bridgehead atoms. The number of hydrogen-bond donors (Lipinski definition) is 2. The van der Waals surface area contributed by atoms with Gasteiger partial charge < -0.3 is 5.32 Å². The Balaban J connectivity index is 1.61. The molecule has 0 radical (unpaired) electrons. The average Bonchev–Trinajstić information content (AvgIpc) is 3.04. The third kappa shape index (κ3) is 4.01. The monoisotopic (exact) mass is 406 g/mol. The Kier molecular flexibility index (Phi) is 5.27. The highest BCUT2D eigenvalue weighted by Gasteiger charge is 2.12. The summed E-state index contributed by atoms with van der Waals surface area (Å²) in [6, 6.07) is 13.7. The molecule has 0 saturated heterocycles. The number of para-hydroxylation sites is 1. The first-order valence-corrected chi connectivity index (χ1v) is 8.76. The summed E-state index contributed by atoms with van der Waals surface area (Å²) in [5.74, 6) is -0.0709. The summed E-state index contributed by atoms with van der Waals surface area (Å²) in [7, 11) is 0. The van der Waals surface area contributed by atoms with Gasteiger partial charge in [0.05, 0.1) is 17.0 Å². The van der Waals surface area contributed by atoms with Gasteiger partial charge in [-0.2, -0.15) is 0 Å². The molecule has 0 spiro atoms. The van der Waals surface area contributed by atoms with E-state index in [2.05, 4.69) is 36.4 Å². The molecule has 0 unspecified atom stereocenters. The highest BCUT2D eigenvalue weighted by atomic mass is 79.9. The van der Waals surface area contributed by atoms with Gasteiger partial charge in [0.15, 0.2) is 5.82 Å². The van der Waals surface area contributed by atoms with Gasteiger partial charge in [-0.25, -0.2) is 9.37 Å². The molecule has 1 aromatic heterocycles. The van der Waals surface area contributed by atoms with Crippen molar-refractivity contribution in [3.8, 4) is 11.4 Å². The van der Waals surface area contributed by atoms with Gasteiger partial charge in [-0.3, -0.25) is 9.89 Å². The maximum absolute atomic E-state index is 13.7. The lowest BCUT2D eigenvalue weighted by atomic mass is 10.2. The third-order valence-corrected chi connectivity index (χ3v) is 4.61. The molecule has 24 heavy (non-hydrogen) atoms. The van der Waals surface area contributed by atoms with Gasteiger partial charge in [0, 0.05) is 4.47 Å². The Morgan fingerprint density at radius 3 is 2.75 bits per heavy atom. The normalized spacial score (nSPS) is 10.6. The van der Waals surface area contributed by atoms with Gasteiger partial charge in [0.25, 0.3) is 0 Å². The van der Waals surface area contributed by atoms with Crippen LogP contribution < -0.4 is 5.32 Å². The van der Waals surface area contributed by atoms with E-state index in [1.165, 1.54) is 17.8 Å². The smallest absolute Gasteiger partial charge is 0.234 e. The van der Waals surface area contributed by atoms with Crippen LogP contribution in [0.15, 0.2) is 58.2 Å². The Morgan fingerprint density at radius 2 is 1.96 bits per heavy atom. The highest BCUT2D eigenvalue weighted by Crippen LogP contribution is 2.23. The Labute approximate surface area is 150 Å². The number of carbonyl (C=O) groups excluding carboxylic acids is 1. The molecular formula is C16H12BrFN4OS. The summed E-state index contributed by atoms with van der Waals surface area (Å²) in [6.07, 6.45) is 0. The van der Waals surface area contributed by atoms with Crippen molar-refractivity contribution in [2.24, 2.45) is 0 Å². The van der Waals surface area contributed by atoms with Gasteiger partial charge in [0.1, 0.15) is 5.82 Å². The first-order valence-electron chi connectivity index (χ1n) is 6.98. The zero-order valence-electron chi connectivity index (χ0n) is 12.3. The van der Waals surface area contributed by atoms with E-state index in [4.69, 9.17) is 0 Å². The zero-order valence-corrected chi connectivity index (χ0v) is 14.7. The van der Waals surface area contributed by atoms with E-state index in [1.807, 2.05) is 18.2 Å². The van der Waals surface area contributed by atoms with Crippen LogP contribution in [0.5, 0.6) is 0 Å². The molecule has 2 N–H and O–H groups in total. The van der Waals surface area contributed by atoms with Crippen molar-refractivity contribution in [3.05, 3.63) is 58.8 Å². The number of nitrogens with one attached hydrogen (secondary N) is 2. The van der Waals surface area contributed by atoms with Crippen LogP contribution in [0.1, 0.15) is 0 Å². The van der Waals surface area contributed by atoms with Crippen molar-refractivity contribution >= 4 is 39.3 Å². The topological polar surface area (TPSA) is 70.7 Å². The molecule has 2 aromatic carbocycles. The fourth-order valence-electron chi connectivity index (χ4n) is 1.96. The molecule has 0 atom stereocenters. The molecule has 0 aliphatic heterocycles. The van der Waals surface area contributed by atoms with Crippen LogP contribution in [-0.4, -0.2) is 26.8 Å². The number of nitrogens with zero attached hydrogens (tertiary/aromatic N) is 2. The van der Waals surface area contributed by atoms with Gasteiger partial charge in [0.2, 0.25) is 11.1 Å². The molecule has 122 valence electrons. The number of anilines is 1.